The molecule has 2 aromatic rings. The summed E-state index contributed by atoms with van der Waals surface area (Å²) in [5, 5.41) is 21.5. The Hall–Kier alpha value is -2.84. The van der Waals surface area contributed by atoms with Gasteiger partial charge in [0, 0.05) is 12.1 Å². The van der Waals surface area contributed by atoms with E-state index in [2.05, 4.69) is 5.32 Å². The molecule has 1 unspecified atom stereocenters. The maximum absolute atomic E-state index is 12.3. The highest BCUT2D eigenvalue weighted by molar-refractivity contribution is 5.94. The van der Waals surface area contributed by atoms with E-state index in [1.165, 1.54) is 0 Å². The summed E-state index contributed by atoms with van der Waals surface area (Å²) in [5.74, 6) is 0.835. The summed E-state index contributed by atoms with van der Waals surface area (Å²) in [4.78, 5) is 12.3. The summed E-state index contributed by atoms with van der Waals surface area (Å²) in [7, 11) is 0. The molecule has 25 heavy (non-hydrogen) atoms. The molecule has 2 N–H and O–H groups in total. The van der Waals surface area contributed by atoms with Crippen LogP contribution in [0.5, 0.6) is 11.5 Å². The van der Waals surface area contributed by atoms with Crippen molar-refractivity contribution in [2.75, 3.05) is 6.54 Å². The van der Waals surface area contributed by atoms with Gasteiger partial charge in [-0.15, -0.1) is 0 Å². The Bertz CT molecular complexity index is 771. The quantitative estimate of drug-likeness (QED) is 0.874. The number of hydrogen-bond donors (Lipinski definition) is 2. The normalized spacial score (nSPS) is 12.1. The first kappa shape index (κ1) is 18.5. The van der Waals surface area contributed by atoms with Crippen LogP contribution in [0.25, 0.3) is 0 Å². The third-order valence-corrected chi connectivity index (χ3v) is 3.77. The van der Waals surface area contributed by atoms with Gasteiger partial charge >= 0.3 is 0 Å². The standard InChI is InChI=1S/C20H22N2O3/c1-20(2,3)18(23)13-22-19(24)15-5-4-6-17(11-15)25-16-9-7-14(12-21)8-10-16/h4-11,18,23H,13H2,1-3H3,(H,22,24). The van der Waals surface area contributed by atoms with Gasteiger partial charge in [-0.3, -0.25) is 4.79 Å². The number of rotatable bonds is 5. The summed E-state index contributed by atoms with van der Waals surface area (Å²) >= 11 is 0. The van der Waals surface area contributed by atoms with Crippen molar-refractivity contribution in [2.45, 2.75) is 26.9 Å². The number of benzene rings is 2. The predicted molar refractivity (Wildman–Crippen MR) is 95.5 cm³/mol. The van der Waals surface area contributed by atoms with Crippen molar-refractivity contribution < 1.29 is 14.6 Å². The van der Waals surface area contributed by atoms with Crippen LogP contribution in [-0.4, -0.2) is 23.7 Å². The number of aliphatic hydroxyl groups is 1. The smallest absolute Gasteiger partial charge is 0.251 e. The van der Waals surface area contributed by atoms with Crippen LogP contribution >= 0.6 is 0 Å². The predicted octanol–water partition coefficient (Wildman–Crippen LogP) is 3.49. The Labute approximate surface area is 147 Å². The van der Waals surface area contributed by atoms with Crippen LogP contribution in [-0.2, 0) is 0 Å². The van der Waals surface area contributed by atoms with Crippen molar-refractivity contribution in [2.24, 2.45) is 5.41 Å². The number of amides is 1. The maximum atomic E-state index is 12.3. The number of ether oxygens (including phenoxy) is 1. The minimum Gasteiger partial charge on any atom is -0.457 e. The topological polar surface area (TPSA) is 82.3 Å². The lowest BCUT2D eigenvalue weighted by molar-refractivity contribution is 0.0587. The lowest BCUT2D eigenvalue weighted by Crippen LogP contribution is -2.39. The zero-order valence-electron chi connectivity index (χ0n) is 14.6. The van der Waals surface area contributed by atoms with Crippen LogP contribution in [0.4, 0.5) is 0 Å². The highest BCUT2D eigenvalue weighted by Crippen LogP contribution is 2.23. The van der Waals surface area contributed by atoms with Crippen molar-refractivity contribution in [1.82, 2.24) is 5.32 Å². The van der Waals surface area contributed by atoms with E-state index in [-0.39, 0.29) is 17.9 Å². The van der Waals surface area contributed by atoms with Gasteiger partial charge in [0.25, 0.3) is 5.91 Å². The third-order valence-electron chi connectivity index (χ3n) is 3.77. The highest BCUT2D eigenvalue weighted by Gasteiger charge is 2.22. The van der Waals surface area contributed by atoms with E-state index in [4.69, 9.17) is 10.00 Å². The fourth-order valence-electron chi connectivity index (χ4n) is 2.03. The minimum atomic E-state index is -0.630. The molecule has 0 heterocycles. The Balaban J connectivity index is 2.02. The van der Waals surface area contributed by atoms with Gasteiger partial charge in [-0.25, -0.2) is 0 Å². The van der Waals surface area contributed by atoms with Crippen molar-refractivity contribution in [1.29, 1.82) is 5.26 Å². The molecule has 0 bridgehead atoms. The van der Waals surface area contributed by atoms with Gasteiger partial charge in [-0.05, 0) is 47.9 Å². The average molecular weight is 338 g/mol. The molecule has 0 aromatic heterocycles. The third kappa shape index (κ3) is 5.33. The largest absolute Gasteiger partial charge is 0.457 e. The number of carbonyl (C=O) groups is 1. The lowest BCUT2D eigenvalue weighted by Gasteiger charge is -2.25. The van der Waals surface area contributed by atoms with Gasteiger partial charge in [0.15, 0.2) is 0 Å². The molecule has 0 radical (unpaired) electrons. The first-order valence-electron chi connectivity index (χ1n) is 8.04. The second-order valence-corrected chi connectivity index (χ2v) is 6.86. The van der Waals surface area contributed by atoms with E-state index in [1.807, 2.05) is 26.8 Å². The van der Waals surface area contributed by atoms with E-state index < -0.39 is 6.10 Å². The molecule has 2 aromatic carbocycles. The van der Waals surface area contributed by atoms with Gasteiger partial charge < -0.3 is 15.2 Å². The molecule has 0 fully saturated rings. The first-order valence-corrected chi connectivity index (χ1v) is 8.04. The van der Waals surface area contributed by atoms with Gasteiger partial charge in [0.2, 0.25) is 0 Å². The molecule has 2 rings (SSSR count). The van der Waals surface area contributed by atoms with E-state index in [0.717, 1.165) is 0 Å². The Morgan fingerprint density at radius 1 is 1.20 bits per heavy atom. The van der Waals surface area contributed by atoms with E-state index in [9.17, 15) is 9.90 Å². The molecule has 0 spiro atoms. The number of nitriles is 1. The summed E-state index contributed by atoms with van der Waals surface area (Å²) < 4.78 is 5.71. The number of carbonyl (C=O) groups excluding carboxylic acids is 1. The molecule has 0 aliphatic carbocycles. The highest BCUT2D eigenvalue weighted by atomic mass is 16.5. The van der Waals surface area contributed by atoms with E-state index >= 15 is 0 Å². The van der Waals surface area contributed by atoms with Gasteiger partial charge in [-0.1, -0.05) is 26.8 Å². The Kier molecular flexibility index (Phi) is 5.79. The van der Waals surface area contributed by atoms with Crippen LogP contribution in [0, 0.1) is 16.7 Å². The van der Waals surface area contributed by atoms with Crippen LogP contribution in [0.15, 0.2) is 48.5 Å². The second-order valence-electron chi connectivity index (χ2n) is 6.86. The Morgan fingerprint density at radius 2 is 1.88 bits per heavy atom. The second kappa shape index (κ2) is 7.82. The van der Waals surface area contributed by atoms with Crippen molar-refractivity contribution >= 4 is 5.91 Å². The van der Waals surface area contributed by atoms with E-state index in [1.54, 1.807) is 48.5 Å². The molecule has 0 saturated heterocycles. The van der Waals surface area contributed by atoms with Crippen LogP contribution in [0.1, 0.15) is 36.7 Å². The number of nitrogens with one attached hydrogen (secondary N) is 1. The average Bonchev–Trinajstić information content (AvgIpc) is 2.59. The van der Waals surface area contributed by atoms with Gasteiger partial charge in [-0.2, -0.15) is 5.26 Å². The van der Waals surface area contributed by atoms with Gasteiger partial charge in [0.05, 0.1) is 17.7 Å². The zero-order valence-corrected chi connectivity index (χ0v) is 14.6. The molecule has 1 amide bonds. The summed E-state index contributed by atoms with van der Waals surface area (Å²) in [6.45, 7) is 5.92. The van der Waals surface area contributed by atoms with Crippen LogP contribution in [0.3, 0.4) is 0 Å². The molecule has 0 aliphatic rings. The Morgan fingerprint density at radius 3 is 2.48 bits per heavy atom. The summed E-state index contributed by atoms with van der Waals surface area (Å²) in [5.41, 5.74) is 0.707. The molecule has 0 aliphatic heterocycles. The molecular weight excluding hydrogens is 316 g/mol. The van der Waals surface area contributed by atoms with Crippen molar-refractivity contribution in [3.05, 3.63) is 59.7 Å². The number of aliphatic hydroxyl groups excluding tert-OH is 1. The summed E-state index contributed by atoms with van der Waals surface area (Å²) in [6.07, 6.45) is -0.630. The molecule has 0 saturated carbocycles. The molecule has 5 nitrogen and oxygen atoms in total. The molecule has 1 atom stereocenters. The minimum absolute atomic E-state index is 0.184. The fraction of sp³-hybridized carbons (Fsp3) is 0.300. The number of hydrogen-bond acceptors (Lipinski definition) is 4. The fourth-order valence-corrected chi connectivity index (χ4v) is 2.03. The van der Waals surface area contributed by atoms with Crippen LogP contribution in [0.2, 0.25) is 0 Å². The monoisotopic (exact) mass is 338 g/mol. The van der Waals surface area contributed by atoms with E-state index in [0.29, 0.717) is 22.6 Å². The maximum Gasteiger partial charge on any atom is 0.251 e. The molecule has 130 valence electrons. The molecule has 5 heteroatoms. The van der Waals surface area contributed by atoms with Gasteiger partial charge in [0.1, 0.15) is 11.5 Å². The van der Waals surface area contributed by atoms with Crippen molar-refractivity contribution in [3.8, 4) is 17.6 Å². The van der Waals surface area contributed by atoms with Crippen molar-refractivity contribution in [3.63, 3.8) is 0 Å². The molecular formula is C20H22N2O3. The summed E-state index contributed by atoms with van der Waals surface area (Å²) in [6, 6.07) is 15.6. The first-order chi connectivity index (χ1) is 11.8. The number of nitrogens with zero attached hydrogens (tertiary/aromatic N) is 1. The zero-order chi connectivity index (χ0) is 18.4. The van der Waals surface area contributed by atoms with Crippen LogP contribution < -0.4 is 10.1 Å². The lowest BCUT2D eigenvalue weighted by atomic mass is 9.89. The SMILES string of the molecule is CC(C)(C)C(O)CNC(=O)c1cccc(Oc2ccc(C#N)cc2)c1.